The fourth-order valence-corrected chi connectivity index (χ4v) is 3.84. The van der Waals surface area contributed by atoms with Crippen molar-refractivity contribution in [2.24, 2.45) is 5.92 Å². The minimum Gasteiger partial charge on any atom is -0.338 e. The van der Waals surface area contributed by atoms with E-state index in [1.165, 1.54) is 0 Å². The summed E-state index contributed by atoms with van der Waals surface area (Å²) in [5.41, 5.74) is 3.03. The van der Waals surface area contributed by atoms with Crippen LogP contribution in [0, 0.1) is 24.2 Å². The van der Waals surface area contributed by atoms with Gasteiger partial charge < -0.3 is 9.80 Å². The Hall–Kier alpha value is -3.13. The van der Waals surface area contributed by atoms with E-state index in [1.807, 2.05) is 51.1 Å². The third-order valence-electron chi connectivity index (χ3n) is 5.36. The number of rotatable bonds is 4. The molecule has 2 aromatic carbocycles. The monoisotopic (exact) mass is 389 g/mol. The van der Waals surface area contributed by atoms with Gasteiger partial charge in [0.25, 0.3) is 5.91 Å². The second-order valence-corrected chi connectivity index (χ2v) is 7.92. The number of piperidine rings is 1. The summed E-state index contributed by atoms with van der Waals surface area (Å²) in [6, 6.07) is 16.8. The average molecular weight is 389 g/mol. The molecule has 1 aliphatic rings. The van der Waals surface area contributed by atoms with Crippen molar-refractivity contribution in [3.05, 3.63) is 65.2 Å². The molecule has 0 spiro atoms. The van der Waals surface area contributed by atoms with E-state index in [2.05, 4.69) is 6.07 Å². The number of benzene rings is 2. The molecule has 0 aromatic heterocycles. The topological polar surface area (TPSA) is 64.4 Å². The highest BCUT2D eigenvalue weighted by Crippen LogP contribution is 2.26. The zero-order valence-electron chi connectivity index (χ0n) is 17.3. The Bertz CT molecular complexity index is 928. The van der Waals surface area contributed by atoms with Crippen LogP contribution in [0.15, 0.2) is 48.5 Å². The number of hydrogen-bond donors (Lipinski definition) is 0. The van der Waals surface area contributed by atoms with Gasteiger partial charge in [0.1, 0.15) is 0 Å². The van der Waals surface area contributed by atoms with E-state index in [1.54, 1.807) is 28.0 Å². The van der Waals surface area contributed by atoms with Crippen LogP contribution in [0.4, 0.5) is 5.69 Å². The van der Waals surface area contributed by atoms with Gasteiger partial charge in [-0.15, -0.1) is 0 Å². The van der Waals surface area contributed by atoms with E-state index in [-0.39, 0.29) is 23.8 Å². The molecule has 1 unspecified atom stereocenters. The first kappa shape index (κ1) is 20.6. The van der Waals surface area contributed by atoms with E-state index < -0.39 is 0 Å². The lowest BCUT2D eigenvalue weighted by Crippen LogP contribution is -2.48. The van der Waals surface area contributed by atoms with Crippen molar-refractivity contribution in [3.8, 4) is 6.07 Å². The molecule has 1 fully saturated rings. The third-order valence-corrected chi connectivity index (χ3v) is 5.36. The molecule has 1 aliphatic heterocycles. The molecule has 0 bridgehead atoms. The van der Waals surface area contributed by atoms with Gasteiger partial charge in [0.05, 0.1) is 17.6 Å². The van der Waals surface area contributed by atoms with Gasteiger partial charge in [-0.25, -0.2) is 0 Å². The summed E-state index contributed by atoms with van der Waals surface area (Å²) in [5, 5.41) is 9.19. The van der Waals surface area contributed by atoms with E-state index in [4.69, 9.17) is 0 Å². The standard InChI is InChI=1S/C24H27N3O2/c1-17(2)27(22-8-4-6-19(14-22)15-25)24(29)21-7-5-13-26(16-21)23(28)20-11-9-18(3)10-12-20/h4,6,8-12,14,17,21H,5,7,13,16H2,1-3H3. The molecule has 0 saturated carbocycles. The number of anilines is 1. The highest BCUT2D eigenvalue weighted by Gasteiger charge is 2.33. The fraction of sp³-hybridized carbons (Fsp3) is 0.375. The molecule has 1 atom stereocenters. The van der Waals surface area contributed by atoms with Crippen molar-refractivity contribution < 1.29 is 9.59 Å². The number of carbonyl (C=O) groups excluding carboxylic acids is 2. The van der Waals surface area contributed by atoms with Crippen LogP contribution < -0.4 is 4.90 Å². The summed E-state index contributed by atoms with van der Waals surface area (Å²) in [6.07, 6.45) is 1.57. The van der Waals surface area contributed by atoms with E-state index in [0.29, 0.717) is 24.2 Å². The smallest absolute Gasteiger partial charge is 0.253 e. The quantitative estimate of drug-likeness (QED) is 0.789. The number of likely N-dealkylation sites (tertiary alicyclic amines) is 1. The van der Waals surface area contributed by atoms with E-state index in [0.717, 1.165) is 24.1 Å². The molecule has 2 aromatic rings. The predicted octanol–water partition coefficient (Wildman–Crippen LogP) is 4.16. The summed E-state index contributed by atoms with van der Waals surface area (Å²) in [5.74, 6) is -0.257. The van der Waals surface area contributed by atoms with Crippen LogP contribution in [0.25, 0.3) is 0 Å². The first-order chi connectivity index (χ1) is 13.9. The molecule has 0 aliphatic carbocycles. The molecule has 5 nitrogen and oxygen atoms in total. The van der Waals surface area contributed by atoms with Crippen molar-refractivity contribution in [2.75, 3.05) is 18.0 Å². The number of nitrogens with zero attached hydrogens (tertiary/aromatic N) is 3. The van der Waals surface area contributed by atoms with Crippen molar-refractivity contribution in [2.45, 2.75) is 39.7 Å². The summed E-state index contributed by atoms with van der Waals surface area (Å²) < 4.78 is 0. The summed E-state index contributed by atoms with van der Waals surface area (Å²) in [7, 11) is 0. The molecule has 2 amide bonds. The van der Waals surface area contributed by atoms with Crippen molar-refractivity contribution >= 4 is 17.5 Å². The molecule has 5 heteroatoms. The average Bonchev–Trinajstić information content (AvgIpc) is 2.74. The molecule has 3 rings (SSSR count). The number of hydrogen-bond acceptors (Lipinski definition) is 3. The van der Waals surface area contributed by atoms with E-state index in [9.17, 15) is 14.9 Å². The van der Waals surface area contributed by atoms with Crippen LogP contribution in [-0.2, 0) is 4.79 Å². The maximum atomic E-state index is 13.4. The largest absolute Gasteiger partial charge is 0.338 e. The van der Waals surface area contributed by atoms with Gasteiger partial charge in [-0.2, -0.15) is 5.26 Å². The number of carbonyl (C=O) groups is 2. The number of nitriles is 1. The maximum Gasteiger partial charge on any atom is 0.253 e. The Balaban J connectivity index is 1.79. The Morgan fingerprint density at radius 1 is 1.17 bits per heavy atom. The van der Waals surface area contributed by atoms with Crippen molar-refractivity contribution in [1.82, 2.24) is 4.90 Å². The minimum absolute atomic E-state index is 0.0106. The second kappa shape index (κ2) is 8.91. The van der Waals surface area contributed by atoms with Crippen LogP contribution in [0.2, 0.25) is 0 Å². The molecule has 29 heavy (non-hydrogen) atoms. The Morgan fingerprint density at radius 3 is 2.55 bits per heavy atom. The van der Waals surface area contributed by atoms with Crippen LogP contribution in [0.1, 0.15) is 48.2 Å². The molecular weight excluding hydrogens is 362 g/mol. The SMILES string of the molecule is Cc1ccc(C(=O)N2CCCC(C(=O)N(c3cccc(C#N)c3)C(C)C)C2)cc1. The van der Waals surface area contributed by atoms with Crippen molar-refractivity contribution in [3.63, 3.8) is 0 Å². The Labute approximate surface area is 172 Å². The zero-order valence-corrected chi connectivity index (χ0v) is 17.3. The van der Waals surface area contributed by atoms with Gasteiger partial charge in [-0.1, -0.05) is 23.8 Å². The van der Waals surface area contributed by atoms with Gasteiger partial charge in [-0.3, -0.25) is 9.59 Å². The van der Waals surface area contributed by atoms with Crippen LogP contribution in [0.5, 0.6) is 0 Å². The summed E-state index contributed by atoms with van der Waals surface area (Å²) in [4.78, 5) is 29.8. The second-order valence-electron chi connectivity index (χ2n) is 7.92. The van der Waals surface area contributed by atoms with Gasteiger partial charge in [0.15, 0.2) is 0 Å². The molecular formula is C24H27N3O2. The maximum absolute atomic E-state index is 13.4. The van der Waals surface area contributed by atoms with Crippen molar-refractivity contribution in [1.29, 1.82) is 5.26 Å². The normalized spacial score (nSPS) is 16.4. The fourth-order valence-electron chi connectivity index (χ4n) is 3.84. The molecule has 1 heterocycles. The lowest BCUT2D eigenvalue weighted by molar-refractivity contribution is -0.124. The molecule has 1 saturated heterocycles. The zero-order chi connectivity index (χ0) is 21.0. The van der Waals surface area contributed by atoms with Gasteiger partial charge in [-0.05, 0) is 63.9 Å². The van der Waals surface area contributed by atoms with Crippen LogP contribution in [0.3, 0.4) is 0 Å². The van der Waals surface area contributed by atoms with Crippen LogP contribution >= 0.6 is 0 Å². The van der Waals surface area contributed by atoms with Gasteiger partial charge in [0.2, 0.25) is 5.91 Å². The predicted molar refractivity (Wildman–Crippen MR) is 114 cm³/mol. The van der Waals surface area contributed by atoms with E-state index >= 15 is 0 Å². The third kappa shape index (κ3) is 4.65. The van der Waals surface area contributed by atoms with Crippen LogP contribution in [-0.4, -0.2) is 35.8 Å². The Morgan fingerprint density at radius 2 is 1.90 bits per heavy atom. The highest BCUT2D eigenvalue weighted by molar-refractivity contribution is 5.97. The number of amides is 2. The number of aryl methyl sites for hydroxylation is 1. The lowest BCUT2D eigenvalue weighted by atomic mass is 9.95. The molecule has 150 valence electrons. The lowest BCUT2D eigenvalue weighted by Gasteiger charge is -2.36. The summed E-state index contributed by atoms with van der Waals surface area (Å²) >= 11 is 0. The van der Waals surface area contributed by atoms with Gasteiger partial charge in [0, 0.05) is 30.4 Å². The Kier molecular flexibility index (Phi) is 6.33. The first-order valence-corrected chi connectivity index (χ1v) is 10.1. The highest BCUT2D eigenvalue weighted by atomic mass is 16.2. The summed E-state index contributed by atoms with van der Waals surface area (Å²) in [6.45, 7) is 7.02. The minimum atomic E-state index is -0.244. The van der Waals surface area contributed by atoms with Gasteiger partial charge >= 0.3 is 0 Å². The molecule has 0 radical (unpaired) electrons. The molecule has 0 N–H and O–H groups in total. The first-order valence-electron chi connectivity index (χ1n) is 10.1.